The summed E-state index contributed by atoms with van der Waals surface area (Å²) in [6.45, 7) is 9.03. The van der Waals surface area contributed by atoms with Crippen molar-refractivity contribution in [3.63, 3.8) is 0 Å². The number of fused-ring (bicyclic) bond motifs is 5. The molecule has 1 heterocycles. The highest BCUT2D eigenvalue weighted by Gasteiger charge is 2.60. The summed E-state index contributed by atoms with van der Waals surface area (Å²) in [5.41, 5.74) is 4.63. The molecule has 1 aliphatic heterocycles. The van der Waals surface area contributed by atoms with Crippen molar-refractivity contribution in [2.45, 2.75) is 72.3 Å². The Labute approximate surface area is 199 Å². The number of amides is 1. The maximum Gasteiger partial charge on any atom is 0.243 e. The maximum absolute atomic E-state index is 13.9. The predicted octanol–water partition coefficient (Wildman–Crippen LogP) is 5.47. The average molecular weight is 449 g/mol. The summed E-state index contributed by atoms with van der Waals surface area (Å²) >= 11 is 0. The van der Waals surface area contributed by atoms with E-state index in [1.54, 1.807) is 6.08 Å². The molecule has 0 bridgehead atoms. The Morgan fingerprint density at radius 3 is 2.36 bits per heavy atom. The van der Waals surface area contributed by atoms with Crippen LogP contribution in [0.2, 0.25) is 0 Å². The molecule has 0 radical (unpaired) electrons. The first-order valence-corrected chi connectivity index (χ1v) is 12.9. The molecule has 3 saturated carbocycles. The second-order valence-corrected chi connectivity index (χ2v) is 12.1. The molecule has 1 aromatic rings. The van der Waals surface area contributed by atoms with Gasteiger partial charge in [-0.05, 0) is 105 Å². The summed E-state index contributed by atoms with van der Waals surface area (Å²) in [7, 11) is 4.14. The van der Waals surface area contributed by atoms with Crippen LogP contribution in [0.5, 0.6) is 0 Å². The summed E-state index contributed by atoms with van der Waals surface area (Å²) in [6.07, 6.45) is 10.7. The molecular weight excluding hydrogens is 408 g/mol. The van der Waals surface area contributed by atoms with Gasteiger partial charge in [0.1, 0.15) is 0 Å². The first-order valence-electron chi connectivity index (χ1n) is 12.9. The number of hydrogen-bond acceptors (Lipinski definition) is 3. The highest BCUT2D eigenvalue weighted by atomic mass is 16.1. The van der Waals surface area contributed by atoms with Crippen LogP contribution >= 0.6 is 0 Å². The quantitative estimate of drug-likeness (QED) is 0.624. The number of carbonyl (C=O) groups is 2. The van der Waals surface area contributed by atoms with Crippen molar-refractivity contribution in [2.24, 2.45) is 34.5 Å². The first-order chi connectivity index (χ1) is 15.6. The van der Waals surface area contributed by atoms with Gasteiger partial charge in [0.25, 0.3) is 0 Å². The summed E-state index contributed by atoms with van der Waals surface area (Å²) in [4.78, 5) is 28.0. The molecule has 4 aliphatic rings. The number of Topliss-reactive ketones (excluding diaryl/α,β-unsaturated/α-hetero) is 1. The van der Waals surface area contributed by atoms with E-state index in [0.29, 0.717) is 23.5 Å². The third-order valence-electron chi connectivity index (χ3n) is 10.2. The van der Waals surface area contributed by atoms with Crippen molar-refractivity contribution in [2.75, 3.05) is 19.0 Å². The van der Waals surface area contributed by atoms with Crippen LogP contribution in [0.4, 0.5) is 5.69 Å². The smallest absolute Gasteiger partial charge is 0.243 e. The molecule has 3 fully saturated rings. The van der Waals surface area contributed by atoms with Crippen LogP contribution < -0.4 is 10.2 Å². The second kappa shape index (κ2) is 7.71. The van der Waals surface area contributed by atoms with Gasteiger partial charge in [0.2, 0.25) is 5.91 Å². The average Bonchev–Trinajstić information content (AvgIpc) is 3.10. The van der Waals surface area contributed by atoms with Crippen LogP contribution in [0.25, 0.3) is 0 Å². The van der Waals surface area contributed by atoms with E-state index in [-0.39, 0.29) is 28.7 Å². The van der Waals surface area contributed by atoms with Crippen molar-refractivity contribution in [1.82, 2.24) is 5.32 Å². The number of rotatable bonds is 3. The minimum atomic E-state index is 0.0521. The van der Waals surface area contributed by atoms with Gasteiger partial charge in [-0.3, -0.25) is 9.59 Å². The minimum Gasteiger partial charge on any atom is -0.377 e. The molecule has 0 saturated heterocycles. The normalized spacial score (nSPS) is 39.3. The van der Waals surface area contributed by atoms with Gasteiger partial charge < -0.3 is 10.2 Å². The molecule has 0 spiro atoms. The standard InChI is InChI=1S/C29H40N2O2/c1-17-15-19(16-18(2)26(17)31(5)6)27(33)23-9-8-21-20-7-10-24-29(4,14-12-25(32)30-24)22(20)11-13-28(21,23)3/h12,14-16,20-24H,7-11,13H2,1-6H3,(H,30,32)/t20-,21-,22-,23+,24+,28-,29+/m0/s1. The van der Waals surface area contributed by atoms with E-state index in [4.69, 9.17) is 0 Å². The number of anilines is 1. The SMILES string of the molecule is Cc1cc(C(=O)[C@H]2CC[C@H]3[C@@H]4CC[C@H]5NC(=O)C=C[C@]5(C)[C@H]4CC[C@]23C)cc(C)c1N(C)C. The number of nitrogens with zero attached hydrogens (tertiary/aromatic N) is 1. The zero-order valence-corrected chi connectivity index (χ0v) is 21.2. The Hall–Kier alpha value is -2.10. The van der Waals surface area contributed by atoms with E-state index in [0.717, 1.165) is 31.2 Å². The van der Waals surface area contributed by atoms with Crippen LogP contribution in [0.1, 0.15) is 73.9 Å². The lowest BCUT2D eigenvalue weighted by Crippen LogP contribution is -2.59. The zero-order chi connectivity index (χ0) is 23.7. The van der Waals surface area contributed by atoms with Crippen molar-refractivity contribution < 1.29 is 9.59 Å². The lowest BCUT2D eigenvalue weighted by Gasteiger charge is -2.58. The molecule has 1 amide bonds. The number of nitrogens with one attached hydrogen (secondary N) is 1. The Bertz CT molecular complexity index is 1000. The van der Waals surface area contributed by atoms with E-state index >= 15 is 0 Å². The Morgan fingerprint density at radius 1 is 1.00 bits per heavy atom. The first kappa shape index (κ1) is 22.7. The van der Waals surface area contributed by atoms with E-state index in [2.05, 4.69) is 70.2 Å². The molecule has 3 aliphatic carbocycles. The zero-order valence-electron chi connectivity index (χ0n) is 21.2. The molecule has 0 aromatic heterocycles. The third kappa shape index (κ3) is 3.31. The summed E-state index contributed by atoms with van der Waals surface area (Å²) < 4.78 is 0. The fourth-order valence-electron chi connectivity index (χ4n) is 8.77. The number of ketones is 1. The van der Waals surface area contributed by atoms with Gasteiger partial charge in [0.15, 0.2) is 5.78 Å². The van der Waals surface area contributed by atoms with Gasteiger partial charge in [-0.25, -0.2) is 0 Å². The predicted molar refractivity (Wildman–Crippen MR) is 134 cm³/mol. The monoisotopic (exact) mass is 448 g/mol. The van der Waals surface area contributed by atoms with E-state index in [1.165, 1.54) is 29.7 Å². The molecule has 4 heteroatoms. The van der Waals surface area contributed by atoms with Gasteiger partial charge in [-0.15, -0.1) is 0 Å². The lowest BCUT2D eigenvalue weighted by molar-refractivity contribution is -0.122. The third-order valence-corrected chi connectivity index (χ3v) is 10.2. The lowest BCUT2D eigenvalue weighted by atomic mass is 9.47. The van der Waals surface area contributed by atoms with E-state index in [9.17, 15) is 9.59 Å². The van der Waals surface area contributed by atoms with Crippen LogP contribution in [0.3, 0.4) is 0 Å². The van der Waals surface area contributed by atoms with Crippen molar-refractivity contribution in [3.05, 3.63) is 41.0 Å². The summed E-state index contributed by atoms with van der Waals surface area (Å²) in [6, 6.07) is 4.50. The second-order valence-electron chi connectivity index (χ2n) is 12.1. The summed E-state index contributed by atoms with van der Waals surface area (Å²) in [5.74, 6) is 2.41. The topological polar surface area (TPSA) is 49.4 Å². The summed E-state index contributed by atoms with van der Waals surface area (Å²) in [5, 5.41) is 3.25. The Kier molecular flexibility index (Phi) is 5.30. The van der Waals surface area contributed by atoms with Crippen molar-refractivity contribution in [1.29, 1.82) is 0 Å². The largest absolute Gasteiger partial charge is 0.377 e. The van der Waals surface area contributed by atoms with Crippen LogP contribution in [0.15, 0.2) is 24.3 Å². The molecule has 1 N–H and O–H groups in total. The highest BCUT2D eigenvalue weighted by molar-refractivity contribution is 5.99. The molecular formula is C29H40N2O2. The Morgan fingerprint density at radius 2 is 1.70 bits per heavy atom. The van der Waals surface area contributed by atoms with Gasteiger partial charge in [0, 0.05) is 42.7 Å². The number of aryl methyl sites for hydroxylation is 2. The van der Waals surface area contributed by atoms with Crippen molar-refractivity contribution >= 4 is 17.4 Å². The Balaban J connectivity index is 1.42. The number of hydrogen-bond donors (Lipinski definition) is 1. The van der Waals surface area contributed by atoms with Crippen LogP contribution in [-0.4, -0.2) is 31.8 Å². The van der Waals surface area contributed by atoms with Crippen LogP contribution in [-0.2, 0) is 4.79 Å². The molecule has 1 aromatic carbocycles. The molecule has 0 unspecified atom stereocenters. The highest BCUT2D eigenvalue weighted by Crippen LogP contribution is 2.65. The minimum absolute atomic E-state index is 0.0521. The number of benzene rings is 1. The van der Waals surface area contributed by atoms with Gasteiger partial charge in [0.05, 0.1) is 0 Å². The fraction of sp³-hybridized carbons (Fsp3) is 0.655. The van der Waals surface area contributed by atoms with Gasteiger partial charge >= 0.3 is 0 Å². The molecule has 7 atom stereocenters. The number of carbonyl (C=O) groups excluding carboxylic acids is 2. The van der Waals surface area contributed by atoms with Gasteiger partial charge in [-0.2, -0.15) is 0 Å². The van der Waals surface area contributed by atoms with Crippen LogP contribution in [0, 0.1) is 48.3 Å². The van der Waals surface area contributed by atoms with Gasteiger partial charge in [-0.1, -0.05) is 19.9 Å². The molecule has 33 heavy (non-hydrogen) atoms. The van der Waals surface area contributed by atoms with E-state index < -0.39 is 0 Å². The molecule has 4 nitrogen and oxygen atoms in total. The maximum atomic E-state index is 13.9. The van der Waals surface area contributed by atoms with E-state index in [1.807, 2.05) is 0 Å². The molecule has 178 valence electrons. The molecule has 5 rings (SSSR count). The van der Waals surface area contributed by atoms with Crippen molar-refractivity contribution in [3.8, 4) is 0 Å². The fourth-order valence-corrected chi connectivity index (χ4v) is 8.77.